The molecule has 0 bridgehead atoms. The number of fused-ring (bicyclic) bond motifs is 1. The number of nitro benzene ring substituents is 1. The Morgan fingerprint density at radius 2 is 1.96 bits per heavy atom. The van der Waals surface area contributed by atoms with E-state index in [0.29, 0.717) is 49.2 Å². The summed E-state index contributed by atoms with van der Waals surface area (Å²) in [4.78, 5) is 23.3. The first-order valence-corrected chi connectivity index (χ1v) is 8.31. The molecule has 9 nitrogen and oxygen atoms in total. The summed E-state index contributed by atoms with van der Waals surface area (Å²) < 4.78 is 15.9. The zero-order valence-electron chi connectivity index (χ0n) is 14.7. The molecule has 0 atom stereocenters. The van der Waals surface area contributed by atoms with Crippen LogP contribution in [0.3, 0.4) is 0 Å². The second-order valence-electron chi connectivity index (χ2n) is 5.72. The van der Waals surface area contributed by atoms with Crippen molar-refractivity contribution >= 4 is 23.0 Å². The van der Waals surface area contributed by atoms with Gasteiger partial charge in [0.1, 0.15) is 13.2 Å². The minimum atomic E-state index is -0.542. The Labute approximate surface area is 155 Å². The fourth-order valence-corrected chi connectivity index (χ4v) is 2.60. The lowest BCUT2D eigenvalue weighted by molar-refractivity contribution is -0.384. The van der Waals surface area contributed by atoms with Crippen molar-refractivity contribution in [3.05, 3.63) is 52.1 Å². The van der Waals surface area contributed by atoms with Crippen LogP contribution in [0.15, 0.2) is 36.4 Å². The number of rotatable bonds is 7. The summed E-state index contributed by atoms with van der Waals surface area (Å²) in [6.07, 6.45) is 0. The number of hydrogen-bond acceptors (Lipinski definition) is 7. The number of ether oxygens (including phenoxy) is 3. The second-order valence-corrected chi connectivity index (χ2v) is 5.72. The molecule has 0 fully saturated rings. The fourth-order valence-electron chi connectivity index (χ4n) is 2.60. The molecular weight excluding hydrogens is 354 g/mol. The van der Waals surface area contributed by atoms with Crippen LogP contribution in [0.2, 0.25) is 0 Å². The summed E-state index contributed by atoms with van der Waals surface area (Å²) in [6.45, 7) is 1.80. The maximum Gasteiger partial charge on any atom is 0.270 e. The van der Waals surface area contributed by atoms with E-state index in [2.05, 4.69) is 10.6 Å². The number of carbonyl (C=O) groups excluding carboxylic acids is 1. The van der Waals surface area contributed by atoms with Crippen molar-refractivity contribution in [2.75, 3.05) is 44.1 Å². The van der Waals surface area contributed by atoms with E-state index in [1.54, 1.807) is 25.3 Å². The first kappa shape index (κ1) is 18.5. The van der Waals surface area contributed by atoms with Gasteiger partial charge in [0.25, 0.3) is 11.6 Å². The molecule has 0 saturated heterocycles. The molecule has 1 heterocycles. The highest BCUT2D eigenvalue weighted by Crippen LogP contribution is 2.33. The van der Waals surface area contributed by atoms with Crippen LogP contribution in [0.4, 0.5) is 17.1 Å². The van der Waals surface area contributed by atoms with E-state index in [4.69, 9.17) is 14.2 Å². The molecule has 27 heavy (non-hydrogen) atoms. The number of hydrogen-bond donors (Lipinski definition) is 2. The molecule has 1 aliphatic rings. The van der Waals surface area contributed by atoms with Crippen LogP contribution >= 0.6 is 0 Å². The Morgan fingerprint density at radius 1 is 1.19 bits per heavy atom. The normalized spacial score (nSPS) is 12.3. The third kappa shape index (κ3) is 4.45. The van der Waals surface area contributed by atoms with Crippen LogP contribution < -0.4 is 20.1 Å². The zero-order valence-corrected chi connectivity index (χ0v) is 14.7. The quantitative estimate of drug-likeness (QED) is 0.436. The minimum Gasteiger partial charge on any atom is -0.486 e. The molecule has 0 radical (unpaired) electrons. The zero-order chi connectivity index (χ0) is 19.2. The van der Waals surface area contributed by atoms with Gasteiger partial charge in [-0.05, 0) is 18.2 Å². The maximum absolute atomic E-state index is 12.7. The van der Waals surface area contributed by atoms with E-state index in [0.717, 1.165) is 0 Å². The average Bonchev–Trinajstić information content (AvgIpc) is 2.68. The predicted molar refractivity (Wildman–Crippen MR) is 98.8 cm³/mol. The first-order valence-electron chi connectivity index (χ1n) is 8.31. The van der Waals surface area contributed by atoms with E-state index in [9.17, 15) is 14.9 Å². The molecule has 9 heteroatoms. The van der Waals surface area contributed by atoms with Gasteiger partial charge in [0.05, 0.1) is 17.1 Å². The van der Waals surface area contributed by atoms with E-state index in [1.165, 1.54) is 18.2 Å². The molecule has 2 N–H and O–H groups in total. The molecule has 0 saturated carbocycles. The van der Waals surface area contributed by atoms with Crippen LogP contribution in [0.5, 0.6) is 11.5 Å². The van der Waals surface area contributed by atoms with Gasteiger partial charge in [-0.3, -0.25) is 14.9 Å². The molecular formula is C18H19N3O6. The highest BCUT2D eigenvalue weighted by molar-refractivity contribution is 6.08. The Bertz CT molecular complexity index is 855. The van der Waals surface area contributed by atoms with Gasteiger partial charge in [0.15, 0.2) is 11.5 Å². The number of benzene rings is 2. The van der Waals surface area contributed by atoms with Gasteiger partial charge in [0, 0.05) is 43.2 Å². The molecule has 142 valence electrons. The van der Waals surface area contributed by atoms with Crippen LogP contribution in [0, 0.1) is 10.1 Å². The van der Waals surface area contributed by atoms with E-state index in [-0.39, 0.29) is 11.3 Å². The minimum absolute atomic E-state index is 0.162. The summed E-state index contributed by atoms with van der Waals surface area (Å²) in [5.41, 5.74) is 0.973. The molecule has 0 aliphatic carbocycles. The second kappa shape index (κ2) is 8.37. The van der Waals surface area contributed by atoms with E-state index >= 15 is 0 Å². The Balaban J connectivity index is 1.83. The smallest absolute Gasteiger partial charge is 0.270 e. The molecule has 3 rings (SSSR count). The van der Waals surface area contributed by atoms with Gasteiger partial charge in [-0.1, -0.05) is 0 Å². The number of amides is 1. The standard InChI is InChI=1S/C18H19N3O6/c1-25-7-6-19-15-4-3-13(21(23)24)11-14(15)18(22)20-12-2-5-16-17(10-12)27-9-8-26-16/h2-5,10-11,19H,6-9H2,1H3,(H,20,22). The van der Waals surface area contributed by atoms with E-state index in [1.807, 2.05) is 0 Å². The van der Waals surface area contributed by atoms with Gasteiger partial charge in [0.2, 0.25) is 0 Å². The Kier molecular flexibility index (Phi) is 5.72. The van der Waals surface area contributed by atoms with Gasteiger partial charge in [-0.15, -0.1) is 0 Å². The summed E-state index contributed by atoms with van der Waals surface area (Å²) in [5.74, 6) is 0.670. The van der Waals surface area contributed by atoms with Gasteiger partial charge < -0.3 is 24.8 Å². The van der Waals surface area contributed by atoms with Crippen molar-refractivity contribution in [3.8, 4) is 11.5 Å². The SMILES string of the molecule is COCCNc1ccc([N+](=O)[O-])cc1C(=O)Nc1ccc2c(c1)OCCO2. The van der Waals surface area contributed by atoms with Crippen LogP contribution in [-0.4, -0.2) is 44.3 Å². The topological polar surface area (TPSA) is 112 Å². The number of nitrogens with zero attached hydrogens (tertiary/aromatic N) is 1. The number of anilines is 2. The van der Waals surface area contributed by atoms with Gasteiger partial charge in [-0.25, -0.2) is 0 Å². The highest BCUT2D eigenvalue weighted by atomic mass is 16.6. The predicted octanol–water partition coefficient (Wildman–Crippen LogP) is 2.68. The molecule has 1 amide bonds. The van der Waals surface area contributed by atoms with Crippen molar-refractivity contribution in [1.29, 1.82) is 0 Å². The molecule has 0 unspecified atom stereocenters. The van der Waals surface area contributed by atoms with Crippen molar-refractivity contribution in [1.82, 2.24) is 0 Å². The molecule has 0 spiro atoms. The van der Waals surface area contributed by atoms with Gasteiger partial charge in [-0.2, -0.15) is 0 Å². The number of non-ortho nitro benzene ring substituents is 1. The number of nitrogens with one attached hydrogen (secondary N) is 2. The van der Waals surface area contributed by atoms with Crippen molar-refractivity contribution in [2.45, 2.75) is 0 Å². The molecule has 0 aromatic heterocycles. The summed E-state index contributed by atoms with van der Waals surface area (Å²) >= 11 is 0. The van der Waals surface area contributed by atoms with Gasteiger partial charge >= 0.3 is 0 Å². The maximum atomic E-state index is 12.7. The fraction of sp³-hybridized carbons (Fsp3) is 0.278. The lowest BCUT2D eigenvalue weighted by Crippen LogP contribution is -2.18. The van der Waals surface area contributed by atoms with Crippen LogP contribution in [0.25, 0.3) is 0 Å². The third-order valence-electron chi connectivity index (χ3n) is 3.88. The number of carbonyl (C=O) groups is 1. The van der Waals surface area contributed by atoms with Crippen molar-refractivity contribution in [3.63, 3.8) is 0 Å². The third-order valence-corrected chi connectivity index (χ3v) is 3.88. The van der Waals surface area contributed by atoms with Crippen molar-refractivity contribution in [2.24, 2.45) is 0 Å². The molecule has 2 aromatic carbocycles. The largest absolute Gasteiger partial charge is 0.486 e. The Morgan fingerprint density at radius 3 is 2.70 bits per heavy atom. The van der Waals surface area contributed by atoms with Crippen LogP contribution in [0.1, 0.15) is 10.4 Å². The lowest BCUT2D eigenvalue weighted by atomic mass is 10.1. The highest BCUT2D eigenvalue weighted by Gasteiger charge is 2.18. The number of methoxy groups -OCH3 is 1. The lowest BCUT2D eigenvalue weighted by Gasteiger charge is -2.19. The summed E-state index contributed by atoms with van der Waals surface area (Å²) in [7, 11) is 1.56. The first-order chi connectivity index (χ1) is 13.1. The Hall–Kier alpha value is -3.33. The average molecular weight is 373 g/mol. The molecule has 2 aromatic rings. The summed E-state index contributed by atoms with van der Waals surface area (Å²) in [5, 5.41) is 16.8. The number of nitro groups is 1. The summed E-state index contributed by atoms with van der Waals surface area (Å²) in [6, 6.07) is 9.13. The van der Waals surface area contributed by atoms with Crippen molar-refractivity contribution < 1.29 is 23.9 Å². The monoisotopic (exact) mass is 373 g/mol. The van der Waals surface area contributed by atoms with Crippen LogP contribution in [-0.2, 0) is 4.74 Å². The van der Waals surface area contributed by atoms with E-state index < -0.39 is 10.8 Å². The molecule has 1 aliphatic heterocycles.